The molecule has 0 spiro atoms. The van der Waals surface area contributed by atoms with Crippen molar-refractivity contribution >= 4 is 5.78 Å². The molecule has 0 saturated carbocycles. The molecule has 18 heavy (non-hydrogen) atoms. The van der Waals surface area contributed by atoms with Gasteiger partial charge >= 0.3 is 0 Å². The standard InChI is InChI=1S/C15H14FNO/c1-17-10-11-4-2-5-12(8-11)15(18)13-6-3-7-14(16)9-13/h2-9,17H,10H2,1H3. The van der Waals surface area contributed by atoms with E-state index in [9.17, 15) is 9.18 Å². The van der Waals surface area contributed by atoms with Crippen LogP contribution in [-0.2, 0) is 6.54 Å². The van der Waals surface area contributed by atoms with E-state index in [1.54, 1.807) is 18.2 Å². The Balaban J connectivity index is 2.31. The number of ketones is 1. The third-order valence-corrected chi connectivity index (χ3v) is 2.66. The highest BCUT2D eigenvalue weighted by Gasteiger charge is 2.09. The third kappa shape index (κ3) is 2.81. The van der Waals surface area contributed by atoms with E-state index in [2.05, 4.69) is 5.32 Å². The summed E-state index contributed by atoms with van der Waals surface area (Å²) in [7, 11) is 1.85. The monoisotopic (exact) mass is 243 g/mol. The molecule has 0 aliphatic rings. The first-order valence-corrected chi connectivity index (χ1v) is 5.74. The molecule has 0 atom stereocenters. The van der Waals surface area contributed by atoms with Crippen molar-refractivity contribution in [2.75, 3.05) is 7.05 Å². The summed E-state index contributed by atoms with van der Waals surface area (Å²) in [6, 6.07) is 13.1. The minimum atomic E-state index is -0.396. The van der Waals surface area contributed by atoms with Gasteiger partial charge in [-0.15, -0.1) is 0 Å². The van der Waals surface area contributed by atoms with Crippen LogP contribution in [0, 0.1) is 5.82 Å². The molecule has 0 heterocycles. The first-order chi connectivity index (χ1) is 8.70. The summed E-state index contributed by atoms with van der Waals surface area (Å²) in [6.07, 6.45) is 0. The number of rotatable bonds is 4. The molecule has 3 heteroatoms. The van der Waals surface area contributed by atoms with Crippen molar-refractivity contribution in [2.45, 2.75) is 6.54 Å². The summed E-state index contributed by atoms with van der Waals surface area (Å²) in [5.41, 5.74) is 1.98. The molecule has 2 aromatic rings. The summed E-state index contributed by atoms with van der Waals surface area (Å²) in [5.74, 6) is -0.556. The van der Waals surface area contributed by atoms with Gasteiger partial charge in [-0.1, -0.05) is 30.3 Å². The molecule has 0 radical (unpaired) electrons. The number of nitrogens with one attached hydrogen (secondary N) is 1. The van der Waals surface area contributed by atoms with Crippen LogP contribution in [0.4, 0.5) is 4.39 Å². The maximum Gasteiger partial charge on any atom is 0.193 e. The summed E-state index contributed by atoms with van der Waals surface area (Å²) in [4.78, 5) is 12.2. The lowest BCUT2D eigenvalue weighted by Gasteiger charge is -2.04. The van der Waals surface area contributed by atoms with Crippen LogP contribution in [0.3, 0.4) is 0 Å². The predicted octanol–water partition coefficient (Wildman–Crippen LogP) is 2.78. The van der Waals surface area contributed by atoms with Gasteiger partial charge in [0.15, 0.2) is 5.78 Å². The second-order valence-electron chi connectivity index (χ2n) is 4.07. The minimum absolute atomic E-state index is 0.160. The number of carbonyl (C=O) groups is 1. The zero-order valence-electron chi connectivity index (χ0n) is 10.1. The van der Waals surface area contributed by atoms with E-state index < -0.39 is 5.82 Å². The molecule has 2 nitrogen and oxygen atoms in total. The van der Waals surface area contributed by atoms with Gasteiger partial charge in [-0.3, -0.25) is 4.79 Å². The fraction of sp³-hybridized carbons (Fsp3) is 0.133. The number of hydrogen-bond acceptors (Lipinski definition) is 2. The fourth-order valence-corrected chi connectivity index (χ4v) is 1.82. The first-order valence-electron chi connectivity index (χ1n) is 5.74. The number of hydrogen-bond donors (Lipinski definition) is 1. The maximum absolute atomic E-state index is 13.1. The Kier molecular flexibility index (Phi) is 3.85. The zero-order chi connectivity index (χ0) is 13.0. The third-order valence-electron chi connectivity index (χ3n) is 2.66. The SMILES string of the molecule is CNCc1cccc(C(=O)c2cccc(F)c2)c1. The second-order valence-corrected chi connectivity index (χ2v) is 4.07. The average Bonchev–Trinajstić information content (AvgIpc) is 2.39. The van der Waals surface area contributed by atoms with E-state index in [0.717, 1.165) is 5.56 Å². The van der Waals surface area contributed by atoms with Gasteiger partial charge in [0.25, 0.3) is 0 Å². The molecule has 1 N–H and O–H groups in total. The van der Waals surface area contributed by atoms with Crippen molar-refractivity contribution in [3.05, 3.63) is 71.0 Å². The molecule has 2 rings (SSSR count). The lowest BCUT2D eigenvalue weighted by atomic mass is 10.0. The van der Waals surface area contributed by atoms with Crippen molar-refractivity contribution in [3.8, 4) is 0 Å². The van der Waals surface area contributed by atoms with Crippen LogP contribution >= 0.6 is 0 Å². The quantitative estimate of drug-likeness (QED) is 0.837. The highest BCUT2D eigenvalue weighted by atomic mass is 19.1. The normalized spacial score (nSPS) is 10.3. The molecule has 0 aliphatic carbocycles. The Morgan fingerprint density at radius 2 is 1.78 bits per heavy atom. The van der Waals surface area contributed by atoms with Crippen molar-refractivity contribution in [3.63, 3.8) is 0 Å². The second kappa shape index (κ2) is 5.56. The molecule has 0 aliphatic heterocycles. The van der Waals surface area contributed by atoms with E-state index in [1.165, 1.54) is 12.1 Å². The Hall–Kier alpha value is -2.00. The van der Waals surface area contributed by atoms with E-state index >= 15 is 0 Å². The van der Waals surface area contributed by atoms with Crippen molar-refractivity contribution in [2.24, 2.45) is 0 Å². The highest BCUT2D eigenvalue weighted by Crippen LogP contribution is 2.13. The van der Waals surface area contributed by atoms with E-state index in [0.29, 0.717) is 17.7 Å². The molecule has 92 valence electrons. The minimum Gasteiger partial charge on any atom is -0.316 e. The largest absolute Gasteiger partial charge is 0.316 e. The van der Waals surface area contributed by atoms with Gasteiger partial charge in [0.05, 0.1) is 0 Å². The van der Waals surface area contributed by atoms with E-state index in [-0.39, 0.29) is 5.78 Å². The van der Waals surface area contributed by atoms with Gasteiger partial charge < -0.3 is 5.32 Å². The Morgan fingerprint density at radius 3 is 2.44 bits per heavy atom. The lowest BCUT2D eigenvalue weighted by Crippen LogP contribution is -2.07. The lowest BCUT2D eigenvalue weighted by molar-refractivity contribution is 0.103. The molecule has 0 amide bonds. The zero-order valence-corrected chi connectivity index (χ0v) is 10.1. The summed E-state index contributed by atoms with van der Waals surface area (Å²) < 4.78 is 13.1. The van der Waals surface area contributed by atoms with Crippen LogP contribution < -0.4 is 5.32 Å². The number of halogens is 1. The molecule has 0 unspecified atom stereocenters. The fourth-order valence-electron chi connectivity index (χ4n) is 1.82. The van der Waals surface area contributed by atoms with Gasteiger partial charge in [-0.25, -0.2) is 4.39 Å². The molecule has 0 fully saturated rings. The number of benzene rings is 2. The Labute approximate surface area is 105 Å². The van der Waals surface area contributed by atoms with Crippen LogP contribution in [0.15, 0.2) is 48.5 Å². The van der Waals surface area contributed by atoms with Crippen LogP contribution in [0.1, 0.15) is 21.5 Å². The van der Waals surface area contributed by atoms with Gasteiger partial charge in [0.2, 0.25) is 0 Å². The van der Waals surface area contributed by atoms with E-state index in [1.807, 2.05) is 25.2 Å². The summed E-state index contributed by atoms with van der Waals surface area (Å²) >= 11 is 0. The predicted molar refractivity (Wildman–Crippen MR) is 69.0 cm³/mol. The Bertz CT molecular complexity index is 566. The molecule has 0 bridgehead atoms. The van der Waals surface area contributed by atoms with Crippen molar-refractivity contribution < 1.29 is 9.18 Å². The Morgan fingerprint density at radius 1 is 1.11 bits per heavy atom. The van der Waals surface area contributed by atoms with Crippen LogP contribution in [-0.4, -0.2) is 12.8 Å². The van der Waals surface area contributed by atoms with Crippen LogP contribution in [0.5, 0.6) is 0 Å². The van der Waals surface area contributed by atoms with Crippen LogP contribution in [0.2, 0.25) is 0 Å². The molecular formula is C15H14FNO. The molecule has 0 aromatic heterocycles. The highest BCUT2D eigenvalue weighted by molar-refractivity contribution is 6.09. The molecule has 0 saturated heterocycles. The van der Waals surface area contributed by atoms with Crippen LogP contribution in [0.25, 0.3) is 0 Å². The van der Waals surface area contributed by atoms with Crippen molar-refractivity contribution in [1.29, 1.82) is 0 Å². The topological polar surface area (TPSA) is 29.1 Å². The van der Waals surface area contributed by atoms with Gasteiger partial charge in [-0.05, 0) is 30.8 Å². The van der Waals surface area contributed by atoms with Gasteiger partial charge in [-0.2, -0.15) is 0 Å². The van der Waals surface area contributed by atoms with E-state index in [4.69, 9.17) is 0 Å². The smallest absolute Gasteiger partial charge is 0.193 e. The molecule has 2 aromatic carbocycles. The summed E-state index contributed by atoms with van der Waals surface area (Å²) in [6.45, 7) is 0.699. The average molecular weight is 243 g/mol. The number of carbonyl (C=O) groups excluding carboxylic acids is 1. The first kappa shape index (κ1) is 12.5. The molecular weight excluding hydrogens is 229 g/mol. The van der Waals surface area contributed by atoms with Gasteiger partial charge in [0.1, 0.15) is 5.82 Å². The van der Waals surface area contributed by atoms with Crippen molar-refractivity contribution in [1.82, 2.24) is 5.32 Å². The maximum atomic E-state index is 13.1. The van der Waals surface area contributed by atoms with Gasteiger partial charge in [0, 0.05) is 17.7 Å². The summed E-state index contributed by atoms with van der Waals surface area (Å²) in [5, 5.41) is 3.03.